The molecule has 0 bridgehead atoms. The number of nitrogens with one attached hydrogen (secondary N) is 2. The number of thiocarbonyl (C=S) groups is 1. The van der Waals surface area contributed by atoms with Gasteiger partial charge in [-0.05, 0) is 61.5 Å². The van der Waals surface area contributed by atoms with Gasteiger partial charge in [-0.15, -0.1) is 0 Å². The van der Waals surface area contributed by atoms with Gasteiger partial charge in [0.05, 0.1) is 18.4 Å². The Labute approximate surface area is 146 Å². The number of methoxy groups -OCH3 is 1. The van der Waals surface area contributed by atoms with Crippen molar-refractivity contribution in [3.8, 4) is 0 Å². The minimum atomic E-state index is -0.485. The van der Waals surface area contributed by atoms with Crippen molar-refractivity contribution >= 4 is 34.9 Å². The molecule has 0 spiro atoms. The number of benzene rings is 2. The normalized spacial score (nSPS) is 9.96. The third-order valence-electron chi connectivity index (χ3n) is 3.58. The molecule has 2 aromatic rings. The standard InChI is InChI=1S/C18H18N2O3S/c1-11-8-9-13(10-12(11)2)16(21)20-18(24)19-15-7-5-4-6-14(15)17(22)23-3/h4-10H,1-3H3,(H2,19,20,21,24). The van der Waals surface area contributed by atoms with Crippen LogP contribution in [0.4, 0.5) is 5.69 Å². The van der Waals surface area contributed by atoms with Crippen LogP contribution in [-0.2, 0) is 4.74 Å². The van der Waals surface area contributed by atoms with Crippen molar-refractivity contribution in [3.05, 3.63) is 64.7 Å². The molecule has 124 valence electrons. The Bertz CT molecular complexity index is 803. The average molecular weight is 342 g/mol. The van der Waals surface area contributed by atoms with E-state index < -0.39 is 5.97 Å². The van der Waals surface area contributed by atoms with Gasteiger partial charge in [0.15, 0.2) is 5.11 Å². The summed E-state index contributed by atoms with van der Waals surface area (Å²) in [5, 5.41) is 5.56. The predicted molar refractivity (Wildman–Crippen MR) is 97.4 cm³/mol. The molecule has 2 aromatic carbocycles. The van der Waals surface area contributed by atoms with Gasteiger partial charge in [0.2, 0.25) is 0 Å². The maximum Gasteiger partial charge on any atom is 0.339 e. The lowest BCUT2D eigenvalue weighted by atomic mass is 10.1. The number of anilines is 1. The summed E-state index contributed by atoms with van der Waals surface area (Å²) in [6.45, 7) is 3.92. The van der Waals surface area contributed by atoms with Crippen molar-refractivity contribution in [1.29, 1.82) is 0 Å². The molecule has 0 saturated carbocycles. The molecule has 5 nitrogen and oxygen atoms in total. The number of carbonyl (C=O) groups is 2. The fraction of sp³-hybridized carbons (Fsp3) is 0.167. The van der Waals surface area contributed by atoms with Crippen LogP contribution < -0.4 is 10.6 Å². The molecular formula is C18H18N2O3S. The summed E-state index contributed by atoms with van der Waals surface area (Å²) in [6, 6.07) is 12.2. The second-order valence-corrected chi connectivity index (χ2v) is 5.65. The second kappa shape index (κ2) is 7.70. The van der Waals surface area contributed by atoms with Crippen molar-refractivity contribution < 1.29 is 14.3 Å². The Morgan fingerprint density at radius 3 is 2.42 bits per heavy atom. The van der Waals surface area contributed by atoms with E-state index in [0.29, 0.717) is 16.8 Å². The van der Waals surface area contributed by atoms with Gasteiger partial charge in [0.25, 0.3) is 5.91 Å². The van der Waals surface area contributed by atoms with E-state index in [1.165, 1.54) is 7.11 Å². The summed E-state index contributed by atoms with van der Waals surface area (Å²) in [7, 11) is 1.30. The number of carbonyl (C=O) groups excluding carboxylic acids is 2. The first kappa shape index (κ1) is 17.6. The molecule has 0 radical (unpaired) electrons. The fourth-order valence-electron chi connectivity index (χ4n) is 2.09. The Morgan fingerprint density at radius 2 is 1.75 bits per heavy atom. The average Bonchev–Trinajstić information content (AvgIpc) is 2.57. The van der Waals surface area contributed by atoms with Gasteiger partial charge < -0.3 is 10.1 Å². The topological polar surface area (TPSA) is 67.4 Å². The molecule has 1 amide bonds. The van der Waals surface area contributed by atoms with Crippen LogP contribution in [0.1, 0.15) is 31.8 Å². The smallest absolute Gasteiger partial charge is 0.339 e. The quantitative estimate of drug-likeness (QED) is 0.662. The number of hydrogen-bond donors (Lipinski definition) is 2. The van der Waals surface area contributed by atoms with E-state index in [9.17, 15) is 9.59 Å². The number of esters is 1. The van der Waals surface area contributed by atoms with E-state index in [2.05, 4.69) is 10.6 Å². The van der Waals surface area contributed by atoms with Crippen molar-refractivity contribution in [2.75, 3.05) is 12.4 Å². The number of hydrogen-bond acceptors (Lipinski definition) is 4. The van der Waals surface area contributed by atoms with Crippen molar-refractivity contribution in [2.45, 2.75) is 13.8 Å². The molecule has 2 N–H and O–H groups in total. The van der Waals surface area contributed by atoms with Crippen LogP contribution in [0, 0.1) is 13.8 Å². The minimum absolute atomic E-state index is 0.106. The molecule has 24 heavy (non-hydrogen) atoms. The van der Waals surface area contributed by atoms with Gasteiger partial charge >= 0.3 is 5.97 Å². The lowest BCUT2D eigenvalue weighted by Gasteiger charge is -2.12. The van der Waals surface area contributed by atoms with Crippen LogP contribution >= 0.6 is 12.2 Å². The molecule has 0 aliphatic rings. The van der Waals surface area contributed by atoms with E-state index in [0.717, 1.165) is 11.1 Å². The molecule has 6 heteroatoms. The third-order valence-corrected chi connectivity index (χ3v) is 3.78. The summed E-state index contributed by atoms with van der Waals surface area (Å²) < 4.78 is 4.72. The maximum atomic E-state index is 12.3. The largest absolute Gasteiger partial charge is 0.465 e. The van der Waals surface area contributed by atoms with Crippen LogP contribution in [0.2, 0.25) is 0 Å². The zero-order chi connectivity index (χ0) is 17.7. The summed E-state index contributed by atoms with van der Waals surface area (Å²) in [4.78, 5) is 24.0. The lowest BCUT2D eigenvalue weighted by molar-refractivity contribution is 0.0602. The molecule has 0 fully saturated rings. The zero-order valence-electron chi connectivity index (χ0n) is 13.7. The molecule has 0 saturated heterocycles. The number of para-hydroxylation sites is 1. The van der Waals surface area contributed by atoms with Gasteiger partial charge in [0, 0.05) is 5.56 Å². The van der Waals surface area contributed by atoms with Crippen LogP contribution in [-0.4, -0.2) is 24.1 Å². The zero-order valence-corrected chi connectivity index (χ0v) is 14.5. The third kappa shape index (κ3) is 4.17. The molecule has 0 unspecified atom stereocenters. The van der Waals surface area contributed by atoms with E-state index in [1.54, 1.807) is 36.4 Å². The maximum absolute atomic E-state index is 12.3. The Hall–Kier alpha value is -2.73. The van der Waals surface area contributed by atoms with Gasteiger partial charge in [-0.3, -0.25) is 10.1 Å². The number of amides is 1. The molecule has 0 heterocycles. The number of ether oxygens (including phenoxy) is 1. The Kier molecular flexibility index (Phi) is 5.65. The SMILES string of the molecule is COC(=O)c1ccccc1NC(=S)NC(=O)c1ccc(C)c(C)c1. The van der Waals surface area contributed by atoms with E-state index in [-0.39, 0.29) is 11.0 Å². The number of rotatable bonds is 3. The summed E-state index contributed by atoms with van der Waals surface area (Å²) >= 11 is 5.16. The van der Waals surface area contributed by atoms with E-state index in [1.807, 2.05) is 19.9 Å². The van der Waals surface area contributed by atoms with Crippen molar-refractivity contribution in [1.82, 2.24) is 5.32 Å². The van der Waals surface area contributed by atoms with Gasteiger partial charge in [-0.25, -0.2) is 4.79 Å². The first-order valence-electron chi connectivity index (χ1n) is 7.29. The van der Waals surface area contributed by atoms with Crippen molar-refractivity contribution in [2.24, 2.45) is 0 Å². The highest BCUT2D eigenvalue weighted by Crippen LogP contribution is 2.16. The van der Waals surface area contributed by atoms with Crippen LogP contribution in [0.5, 0.6) is 0 Å². The lowest BCUT2D eigenvalue weighted by Crippen LogP contribution is -2.34. The van der Waals surface area contributed by atoms with Gasteiger partial charge in [-0.2, -0.15) is 0 Å². The second-order valence-electron chi connectivity index (χ2n) is 5.24. The minimum Gasteiger partial charge on any atom is -0.465 e. The molecule has 0 atom stereocenters. The van der Waals surface area contributed by atoms with Crippen LogP contribution in [0.3, 0.4) is 0 Å². The molecule has 0 aromatic heterocycles. The highest BCUT2D eigenvalue weighted by Gasteiger charge is 2.13. The molecule has 2 rings (SSSR count). The molecule has 0 aliphatic heterocycles. The monoisotopic (exact) mass is 342 g/mol. The first-order chi connectivity index (χ1) is 11.4. The van der Waals surface area contributed by atoms with Crippen LogP contribution in [0.25, 0.3) is 0 Å². The molecular weight excluding hydrogens is 324 g/mol. The van der Waals surface area contributed by atoms with Gasteiger partial charge in [-0.1, -0.05) is 18.2 Å². The van der Waals surface area contributed by atoms with E-state index in [4.69, 9.17) is 17.0 Å². The summed E-state index contributed by atoms with van der Waals surface area (Å²) in [6.07, 6.45) is 0. The van der Waals surface area contributed by atoms with E-state index >= 15 is 0 Å². The summed E-state index contributed by atoms with van der Waals surface area (Å²) in [5.41, 5.74) is 3.46. The van der Waals surface area contributed by atoms with Crippen LogP contribution in [0.15, 0.2) is 42.5 Å². The van der Waals surface area contributed by atoms with Crippen molar-refractivity contribution in [3.63, 3.8) is 0 Å². The molecule has 0 aliphatic carbocycles. The first-order valence-corrected chi connectivity index (χ1v) is 7.70. The summed E-state index contributed by atoms with van der Waals surface area (Å²) in [5.74, 6) is -0.799. The predicted octanol–water partition coefficient (Wildman–Crippen LogP) is 3.22. The Balaban J connectivity index is 2.10. The fourth-order valence-corrected chi connectivity index (χ4v) is 2.29. The number of aryl methyl sites for hydroxylation is 2. The van der Waals surface area contributed by atoms with Gasteiger partial charge in [0.1, 0.15) is 0 Å². The highest BCUT2D eigenvalue weighted by atomic mass is 32.1. The highest BCUT2D eigenvalue weighted by molar-refractivity contribution is 7.80. The Morgan fingerprint density at radius 1 is 1.04 bits per heavy atom.